The van der Waals surface area contributed by atoms with E-state index in [1.807, 2.05) is 36.6 Å². The summed E-state index contributed by atoms with van der Waals surface area (Å²) in [5, 5.41) is 6.44. The molecular formula is C23H22N4O3S3. The van der Waals surface area contributed by atoms with Gasteiger partial charge in [-0.05, 0) is 50.3 Å². The van der Waals surface area contributed by atoms with Gasteiger partial charge in [-0.2, -0.15) is 0 Å². The fraction of sp³-hybridized carbons (Fsp3) is 0.304. The second-order valence-electron chi connectivity index (χ2n) is 7.73. The number of ether oxygens (including phenoxy) is 1. The lowest BCUT2D eigenvalue weighted by Gasteiger charge is -2.15. The normalized spacial score (nSPS) is 13.2. The van der Waals surface area contributed by atoms with Crippen molar-refractivity contribution >= 4 is 55.7 Å². The van der Waals surface area contributed by atoms with Gasteiger partial charge in [0, 0.05) is 10.3 Å². The molecule has 0 aliphatic heterocycles. The lowest BCUT2D eigenvalue weighted by Crippen LogP contribution is -2.23. The number of hydrogen-bond acceptors (Lipinski definition) is 8. The van der Waals surface area contributed by atoms with Crippen molar-refractivity contribution in [2.24, 2.45) is 0 Å². The van der Waals surface area contributed by atoms with Gasteiger partial charge in [0.2, 0.25) is 5.91 Å². The van der Waals surface area contributed by atoms with Crippen LogP contribution < -0.4 is 15.6 Å². The molecule has 0 radical (unpaired) electrons. The molecule has 5 rings (SSSR count). The SMILES string of the molecule is COc1ccccc1-n1c(SCC(=O)Nc2nc(C)cs2)nc2sc3c(c2c1=O)CCCC3. The monoisotopic (exact) mass is 498 g/mol. The molecule has 0 unspecified atom stereocenters. The molecule has 1 N–H and O–H groups in total. The number of benzene rings is 1. The van der Waals surface area contributed by atoms with E-state index in [9.17, 15) is 9.59 Å². The Hall–Kier alpha value is -2.69. The molecule has 170 valence electrons. The number of hydrogen-bond donors (Lipinski definition) is 1. The van der Waals surface area contributed by atoms with Crippen LogP contribution >= 0.6 is 34.4 Å². The van der Waals surface area contributed by atoms with Crippen LogP contribution in [-0.4, -0.2) is 33.3 Å². The molecule has 0 saturated carbocycles. The van der Waals surface area contributed by atoms with Gasteiger partial charge < -0.3 is 10.1 Å². The fourth-order valence-electron chi connectivity index (χ4n) is 4.01. The molecule has 0 bridgehead atoms. The van der Waals surface area contributed by atoms with Crippen LogP contribution in [0.1, 0.15) is 29.0 Å². The largest absolute Gasteiger partial charge is 0.495 e. The van der Waals surface area contributed by atoms with Crippen LogP contribution in [-0.2, 0) is 17.6 Å². The maximum atomic E-state index is 13.8. The summed E-state index contributed by atoms with van der Waals surface area (Å²) in [6.07, 6.45) is 4.11. The molecule has 1 aliphatic carbocycles. The Balaban J connectivity index is 1.57. The van der Waals surface area contributed by atoms with Crippen LogP contribution in [0.2, 0.25) is 0 Å². The number of amides is 1. The standard InChI is InChI=1S/C23H22N4O3S3/c1-13-11-31-22(24-13)25-18(28)12-32-23-26-20-19(14-7-3-6-10-17(14)33-20)21(29)27(23)15-8-4-5-9-16(15)30-2/h4-5,8-9,11H,3,6-7,10,12H2,1-2H3,(H,24,25,28). The highest BCUT2D eigenvalue weighted by Crippen LogP contribution is 2.36. The average molecular weight is 499 g/mol. The summed E-state index contributed by atoms with van der Waals surface area (Å²) in [5.41, 5.74) is 2.51. The molecule has 1 aromatic carbocycles. The Kier molecular flexibility index (Phi) is 6.22. The molecule has 0 atom stereocenters. The fourth-order valence-corrected chi connectivity index (χ4v) is 6.82. The Morgan fingerprint density at radius 2 is 2.06 bits per heavy atom. The quantitative estimate of drug-likeness (QED) is 0.303. The number of thioether (sulfide) groups is 1. The van der Waals surface area contributed by atoms with E-state index >= 15 is 0 Å². The van der Waals surface area contributed by atoms with Crippen LogP contribution in [0.25, 0.3) is 15.9 Å². The zero-order chi connectivity index (χ0) is 22.9. The Morgan fingerprint density at radius 3 is 2.85 bits per heavy atom. The number of aryl methyl sites for hydroxylation is 3. The van der Waals surface area contributed by atoms with Crippen LogP contribution in [0.4, 0.5) is 5.13 Å². The third kappa shape index (κ3) is 4.30. The van der Waals surface area contributed by atoms with Crippen molar-refractivity contribution in [3.63, 3.8) is 0 Å². The number of thiophene rings is 1. The number of fused-ring (bicyclic) bond motifs is 3. The number of para-hydroxylation sites is 2. The number of thiazole rings is 1. The third-order valence-corrected chi connectivity index (χ3v) is 8.48. The number of aromatic nitrogens is 3. The first kappa shape index (κ1) is 22.1. The second kappa shape index (κ2) is 9.28. The molecule has 1 amide bonds. The first-order chi connectivity index (χ1) is 16.0. The van der Waals surface area contributed by atoms with E-state index in [4.69, 9.17) is 9.72 Å². The van der Waals surface area contributed by atoms with Crippen molar-refractivity contribution in [2.75, 3.05) is 18.2 Å². The summed E-state index contributed by atoms with van der Waals surface area (Å²) in [7, 11) is 1.58. The van der Waals surface area contributed by atoms with Gasteiger partial charge >= 0.3 is 0 Å². The van der Waals surface area contributed by atoms with Gasteiger partial charge in [-0.3, -0.25) is 14.2 Å². The molecule has 3 aromatic heterocycles. The number of rotatable bonds is 6. The number of anilines is 1. The average Bonchev–Trinajstić information content (AvgIpc) is 3.40. The van der Waals surface area contributed by atoms with Crippen molar-refractivity contribution < 1.29 is 9.53 Å². The molecule has 0 spiro atoms. The van der Waals surface area contributed by atoms with Gasteiger partial charge in [-0.15, -0.1) is 22.7 Å². The predicted octanol–water partition coefficient (Wildman–Crippen LogP) is 4.83. The van der Waals surface area contributed by atoms with Crippen LogP contribution in [0.5, 0.6) is 5.75 Å². The highest BCUT2D eigenvalue weighted by atomic mass is 32.2. The summed E-state index contributed by atoms with van der Waals surface area (Å²) in [6, 6.07) is 7.39. The molecule has 1 aliphatic rings. The Morgan fingerprint density at radius 1 is 1.24 bits per heavy atom. The van der Waals surface area contributed by atoms with E-state index in [1.165, 1.54) is 28.0 Å². The zero-order valence-corrected chi connectivity index (χ0v) is 20.7. The molecule has 4 aromatic rings. The Labute approximate surface area is 202 Å². The van der Waals surface area contributed by atoms with Crippen molar-refractivity contribution in [1.29, 1.82) is 0 Å². The van der Waals surface area contributed by atoms with E-state index in [0.717, 1.165) is 41.8 Å². The molecule has 0 fully saturated rings. The minimum absolute atomic E-state index is 0.108. The summed E-state index contributed by atoms with van der Waals surface area (Å²) >= 11 is 4.23. The van der Waals surface area contributed by atoms with Gasteiger partial charge in [-0.25, -0.2) is 9.97 Å². The summed E-state index contributed by atoms with van der Waals surface area (Å²) in [5.74, 6) is 0.492. The highest BCUT2D eigenvalue weighted by Gasteiger charge is 2.24. The van der Waals surface area contributed by atoms with E-state index in [1.54, 1.807) is 23.0 Å². The van der Waals surface area contributed by atoms with E-state index in [2.05, 4.69) is 10.3 Å². The van der Waals surface area contributed by atoms with Crippen LogP contribution in [0.3, 0.4) is 0 Å². The number of carbonyl (C=O) groups excluding carboxylic acids is 1. The second-order valence-corrected chi connectivity index (χ2v) is 10.6. The topological polar surface area (TPSA) is 86.1 Å². The molecule has 7 nitrogen and oxygen atoms in total. The number of nitrogens with one attached hydrogen (secondary N) is 1. The van der Waals surface area contributed by atoms with E-state index in [0.29, 0.717) is 27.1 Å². The number of carbonyl (C=O) groups is 1. The summed E-state index contributed by atoms with van der Waals surface area (Å²) in [4.78, 5) is 37.6. The molecular weight excluding hydrogens is 476 g/mol. The maximum absolute atomic E-state index is 13.8. The first-order valence-corrected chi connectivity index (χ1v) is 13.3. The smallest absolute Gasteiger partial charge is 0.267 e. The lowest BCUT2D eigenvalue weighted by molar-refractivity contribution is -0.113. The minimum atomic E-state index is -0.194. The maximum Gasteiger partial charge on any atom is 0.267 e. The van der Waals surface area contributed by atoms with Crippen molar-refractivity contribution in [3.8, 4) is 11.4 Å². The first-order valence-electron chi connectivity index (χ1n) is 10.6. The van der Waals surface area contributed by atoms with Crippen LogP contribution in [0.15, 0.2) is 39.6 Å². The minimum Gasteiger partial charge on any atom is -0.495 e. The molecule has 0 saturated heterocycles. The highest BCUT2D eigenvalue weighted by molar-refractivity contribution is 7.99. The summed E-state index contributed by atoms with van der Waals surface area (Å²) in [6.45, 7) is 1.88. The molecule has 10 heteroatoms. The van der Waals surface area contributed by atoms with Gasteiger partial charge in [0.15, 0.2) is 10.3 Å². The Bertz CT molecular complexity index is 1410. The number of methoxy groups -OCH3 is 1. The number of nitrogens with zero attached hydrogens (tertiary/aromatic N) is 3. The van der Waals surface area contributed by atoms with Gasteiger partial charge in [0.1, 0.15) is 10.6 Å². The lowest BCUT2D eigenvalue weighted by atomic mass is 9.97. The summed E-state index contributed by atoms with van der Waals surface area (Å²) < 4.78 is 7.13. The van der Waals surface area contributed by atoms with E-state index in [-0.39, 0.29) is 17.2 Å². The van der Waals surface area contributed by atoms with Gasteiger partial charge in [0.25, 0.3) is 5.56 Å². The van der Waals surface area contributed by atoms with E-state index < -0.39 is 0 Å². The molecule has 3 heterocycles. The van der Waals surface area contributed by atoms with Gasteiger partial charge in [-0.1, -0.05) is 23.9 Å². The van der Waals surface area contributed by atoms with Gasteiger partial charge in [0.05, 0.1) is 29.6 Å². The zero-order valence-electron chi connectivity index (χ0n) is 18.2. The van der Waals surface area contributed by atoms with Crippen molar-refractivity contribution in [3.05, 3.63) is 56.1 Å². The van der Waals surface area contributed by atoms with Crippen LogP contribution in [0, 0.1) is 6.92 Å². The predicted molar refractivity (Wildman–Crippen MR) is 135 cm³/mol. The van der Waals surface area contributed by atoms with Crippen molar-refractivity contribution in [1.82, 2.24) is 14.5 Å². The molecule has 33 heavy (non-hydrogen) atoms. The van der Waals surface area contributed by atoms with Crippen molar-refractivity contribution in [2.45, 2.75) is 37.8 Å². The third-order valence-electron chi connectivity index (χ3n) is 5.48.